The number of nitrogens with zero attached hydrogens (tertiary/aromatic N) is 2. The molecule has 0 saturated carbocycles. The molecule has 1 rings (SSSR count). The highest BCUT2D eigenvalue weighted by Gasteiger charge is 2.32. The third-order valence-electron chi connectivity index (χ3n) is 2.66. The maximum absolute atomic E-state index is 10.5. The van der Waals surface area contributed by atoms with E-state index in [1.54, 1.807) is 0 Å². The summed E-state index contributed by atoms with van der Waals surface area (Å²) in [4.78, 5) is 12.6. The Bertz CT molecular complexity index is 262. The number of nitriles is 1. The minimum absolute atomic E-state index is 0.194. The van der Waals surface area contributed by atoms with Crippen molar-refractivity contribution in [2.45, 2.75) is 20.3 Å². The summed E-state index contributed by atoms with van der Waals surface area (Å²) in [5, 5.41) is 17.4. The molecule has 1 fully saturated rings. The molecule has 1 saturated heterocycles. The fourth-order valence-corrected chi connectivity index (χ4v) is 1.40. The van der Waals surface area contributed by atoms with Crippen LogP contribution in [-0.4, -0.2) is 35.6 Å². The van der Waals surface area contributed by atoms with Gasteiger partial charge in [0, 0.05) is 13.1 Å². The third kappa shape index (κ3) is 2.71. The standard InChI is InChI=1S/C10H16N2O2/c1-10(2,7-11)3-4-12-5-8(6-12)9(13)14/h8H,3-6H2,1-2H3,(H,13,14). The summed E-state index contributed by atoms with van der Waals surface area (Å²) in [7, 11) is 0. The Morgan fingerprint density at radius 3 is 2.64 bits per heavy atom. The fourth-order valence-electron chi connectivity index (χ4n) is 1.40. The van der Waals surface area contributed by atoms with Gasteiger partial charge in [-0.3, -0.25) is 4.79 Å². The van der Waals surface area contributed by atoms with Crippen molar-refractivity contribution in [1.82, 2.24) is 4.90 Å². The van der Waals surface area contributed by atoms with Crippen molar-refractivity contribution in [1.29, 1.82) is 5.26 Å². The van der Waals surface area contributed by atoms with E-state index in [4.69, 9.17) is 10.4 Å². The van der Waals surface area contributed by atoms with Crippen molar-refractivity contribution in [3.05, 3.63) is 0 Å². The van der Waals surface area contributed by atoms with Crippen molar-refractivity contribution in [2.75, 3.05) is 19.6 Å². The van der Waals surface area contributed by atoms with Gasteiger partial charge in [-0.2, -0.15) is 5.26 Å². The van der Waals surface area contributed by atoms with Gasteiger partial charge in [0.05, 0.1) is 17.4 Å². The predicted molar refractivity (Wildman–Crippen MR) is 51.6 cm³/mol. The Labute approximate surface area is 84.1 Å². The highest BCUT2D eigenvalue weighted by Crippen LogP contribution is 2.22. The van der Waals surface area contributed by atoms with E-state index in [1.807, 2.05) is 13.8 Å². The minimum Gasteiger partial charge on any atom is -0.481 e. The van der Waals surface area contributed by atoms with Gasteiger partial charge in [0.1, 0.15) is 0 Å². The topological polar surface area (TPSA) is 64.3 Å². The van der Waals surface area contributed by atoms with Gasteiger partial charge in [-0.15, -0.1) is 0 Å². The van der Waals surface area contributed by atoms with Crippen LogP contribution >= 0.6 is 0 Å². The molecule has 0 aromatic rings. The number of carboxylic acids is 1. The first kappa shape index (κ1) is 11.0. The zero-order chi connectivity index (χ0) is 10.8. The Balaban J connectivity index is 2.19. The third-order valence-corrected chi connectivity index (χ3v) is 2.66. The van der Waals surface area contributed by atoms with Gasteiger partial charge in [-0.25, -0.2) is 0 Å². The van der Waals surface area contributed by atoms with Crippen LogP contribution in [0.5, 0.6) is 0 Å². The van der Waals surface area contributed by atoms with E-state index < -0.39 is 5.97 Å². The molecule has 0 aliphatic carbocycles. The first-order chi connectivity index (χ1) is 6.44. The molecule has 0 aromatic carbocycles. The number of hydrogen-bond donors (Lipinski definition) is 1. The van der Waals surface area contributed by atoms with E-state index in [2.05, 4.69) is 11.0 Å². The second-order valence-electron chi connectivity index (χ2n) is 4.54. The van der Waals surface area contributed by atoms with Gasteiger partial charge in [0.25, 0.3) is 0 Å². The van der Waals surface area contributed by atoms with Gasteiger partial charge >= 0.3 is 5.97 Å². The zero-order valence-electron chi connectivity index (χ0n) is 8.66. The van der Waals surface area contributed by atoms with Crippen LogP contribution in [0, 0.1) is 22.7 Å². The molecule has 0 unspecified atom stereocenters. The molecule has 1 heterocycles. The number of rotatable bonds is 4. The molecule has 4 nitrogen and oxygen atoms in total. The summed E-state index contributed by atoms with van der Waals surface area (Å²) in [6.45, 7) is 5.90. The smallest absolute Gasteiger partial charge is 0.309 e. The Kier molecular flexibility index (Phi) is 3.12. The summed E-state index contributed by atoms with van der Waals surface area (Å²) in [6.07, 6.45) is 0.801. The van der Waals surface area contributed by atoms with Crippen LogP contribution in [0.2, 0.25) is 0 Å². The highest BCUT2D eigenvalue weighted by atomic mass is 16.4. The van der Waals surface area contributed by atoms with Crippen molar-refractivity contribution in [3.63, 3.8) is 0 Å². The molecule has 0 amide bonds. The Hall–Kier alpha value is -1.08. The summed E-state index contributed by atoms with van der Waals surface area (Å²) in [5.74, 6) is -0.902. The maximum atomic E-state index is 10.5. The molecule has 1 aliphatic heterocycles. The van der Waals surface area contributed by atoms with E-state index >= 15 is 0 Å². The van der Waals surface area contributed by atoms with Gasteiger partial charge in [-0.1, -0.05) is 0 Å². The molecular weight excluding hydrogens is 180 g/mol. The normalized spacial score (nSPS) is 18.6. The van der Waals surface area contributed by atoms with E-state index in [9.17, 15) is 4.79 Å². The molecule has 4 heteroatoms. The van der Waals surface area contributed by atoms with Crippen LogP contribution in [0.4, 0.5) is 0 Å². The molecule has 14 heavy (non-hydrogen) atoms. The summed E-state index contributed by atoms with van der Waals surface area (Å²) >= 11 is 0. The first-order valence-corrected chi connectivity index (χ1v) is 4.81. The molecule has 0 atom stereocenters. The van der Waals surface area contributed by atoms with Crippen LogP contribution in [0.3, 0.4) is 0 Å². The van der Waals surface area contributed by atoms with Gasteiger partial charge in [0.15, 0.2) is 0 Å². The number of hydrogen-bond acceptors (Lipinski definition) is 3. The Morgan fingerprint density at radius 1 is 1.64 bits per heavy atom. The molecule has 1 aliphatic rings. The second-order valence-corrected chi connectivity index (χ2v) is 4.54. The average molecular weight is 196 g/mol. The van der Waals surface area contributed by atoms with Crippen LogP contribution in [0.15, 0.2) is 0 Å². The summed E-state index contributed by atoms with van der Waals surface area (Å²) in [5.41, 5.74) is -0.297. The van der Waals surface area contributed by atoms with Crippen molar-refractivity contribution in [2.24, 2.45) is 11.3 Å². The lowest BCUT2D eigenvalue weighted by Gasteiger charge is -2.37. The summed E-state index contributed by atoms with van der Waals surface area (Å²) in [6, 6.07) is 2.24. The molecule has 0 radical (unpaired) electrons. The van der Waals surface area contributed by atoms with Gasteiger partial charge in [0.2, 0.25) is 0 Å². The number of carboxylic acid groups (broad SMARTS) is 1. The highest BCUT2D eigenvalue weighted by molar-refractivity contribution is 5.71. The van der Waals surface area contributed by atoms with Crippen LogP contribution < -0.4 is 0 Å². The van der Waals surface area contributed by atoms with Gasteiger partial charge < -0.3 is 10.0 Å². The lowest BCUT2D eigenvalue weighted by molar-refractivity contribution is -0.147. The second kappa shape index (κ2) is 3.97. The molecule has 0 spiro atoms. The fraction of sp³-hybridized carbons (Fsp3) is 0.800. The van der Waals surface area contributed by atoms with E-state index in [0.717, 1.165) is 13.0 Å². The molecule has 0 aromatic heterocycles. The number of carbonyl (C=O) groups is 1. The van der Waals surface area contributed by atoms with Crippen molar-refractivity contribution in [3.8, 4) is 6.07 Å². The predicted octanol–water partition coefficient (Wildman–Crippen LogP) is 0.943. The Morgan fingerprint density at radius 2 is 2.21 bits per heavy atom. The largest absolute Gasteiger partial charge is 0.481 e. The minimum atomic E-state index is -0.708. The quantitative estimate of drug-likeness (QED) is 0.726. The lowest BCUT2D eigenvalue weighted by Crippen LogP contribution is -2.50. The summed E-state index contributed by atoms with van der Waals surface area (Å²) < 4.78 is 0. The van der Waals surface area contributed by atoms with E-state index in [1.165, 1.54) is 0 Å². The maximum Gasteiger partial charge on any atom is 0.309 e. The monoisotopic (exact) mass is 196 g/mol. The van der Waals surface area contributed by atoms with Crippen molar-refractivity contribution < 1.29 is 9.90 Å². The average Bonchev–Trinajstić information content (AvgIpc) is 2.00. The molecular formula is C10H16N2O2. The van der Waals surface area contributed by atoms with Crippen molar-refractivity contribution >= 4 is 5.97 Å². The van der Waals surface area contributed by atoms with Crippen LogP contribution in [0.25, 0.3) is 0 Å². The zero-order valence-corrected chi connectivity index (χ0v) is 8.66. The molecule has 1 N–H and O–H groups in total. The number of likely N-dealkylation sites (tertiary alicyclic amines) is 1. The van der Waals surface area contributed by atoms with E-state index in [0.29, 0.717) is 13.1 Å². The molecule has 0 bridgehead atoms. The van der Waals surface area contributed by atoms with Crippen LogP contribution in [-0.2, 0) is 4.79 Å². The van der Waals surface area contributed by atoms with Crippen LogP contribution in [0.1, 0.15) is 20.3 Å². The number of aliphatic carboxylic acids is 1. The van der Waals surface area contributed by atoms with E-state index in [-0.39, 0.29) is 11.3 Å². The SMILES string of the molecule is CC(C)(C#N)CCN1CC(C(=O)O)C1. The molecule has 78 valence electrons. The van der Waals surface area contributed by atoms with Gasteiger partial charge in [-0.05, 0) is 26.8 Å². The lowest BCUT2D eigenvalue weighted by atomic mass is 9.90. The first-order valence-electron chi connectivity index (χ1n) is 4.81.